The number of amides is 1. The summed E-state index contributed by atoms with van der Waals surface area (Å²) in [6.45, 7) is 0. The highest BCUT2D eigenvalue weighted by molar-refractivity contribution is 6.05. The molecule has 94 valence electrons. The molecule has 0 aliphatic heterocycles. The maximum atomic E-state index is 10.9. The number of carboxylic acids is 3. The first kappa shape index (κ1) is 13.0. The van der Waals surface area contributed by atoms with Crippen LogP contribution in [0.4, 0.5) is 0 Å². The van der Waals surface area contributed by atoms with Gasteiger partial charge in [-0.15, -0.1) is 0 Å². The van der Waals surface area contributed by atoms with Gasteiger partial charge in [-0.2, -0.15) is 0 Å². The van der Waals surface area contributed by atoms with Crippen LogP contribution < -0.4 is 5.73 Å². The number of primary amides is 1. The molecule has 0 aromatic carbocycles. The van der Waals surface area contributed by atoms with E-state index in [2.05, 4.69) is 9.97 Å². The van der Waals surface area contributed by atoms with Crippen molar-refractivity contribution in [3.05, 3.63) is 22.8 Å². The minimum Gasteiger partial charge on any atom is -0.476 e. The van der Waals surface area contributed by atoms with Gasteiger partial charge in [-0.3, -0.25) is 4.79 Å². The lowest BCUT2D eigenvalue weighted by Gasteiger charge is -2.05. The molecule has 10 nitrogen and oxygen atoms in total. The lowest BCUT2D eigenvalue weighted by atomic mass is 10.2. The second kappa shape index (κ2) is 4.45. The Labute approximate surface area is 97.7 Å². The maximum Gasteiger partial charge on any atom is 0.357 e. The number of rotatable bonds is 4. The lowest BCUT2D eigenvalue weighted by molar-refractivity contribution is 0.0633. The predicted octanol–water partition coefficient (Wildman–Crippen LogP) is -1.33. The van der Waals surface area contributed by atoms with Crippen LogP contribution in [-0.4, -0.2) is 49.1 Å². The van der Waals surface area contributed by atoms with E-state index in [1.165, 1.54) is 0 Å². The standard InChI is InChI=1S/C8H5N3O7/c9-5(12)1-2(6(13)14)11-4(8(17)18)3(10-1)7(15)16/h(H2,9,12)(H,13,14)(H,15,16)(H,17,18). The number of carboxylic acid groups (broad SMARTS) is 3. The molecule has 10 heteroatoms. The number of hydrogen-bond donors (Lipinski definition) is 4. The van der Waals surface area contributed by atoms with Crippen molar-refractivity contribution >= 4 is 23.8 Å². The Morgan fingerprint density at radius 2 is 1.00 bits per heavy atom. The van der Waals surface area contributed by atoms with Crippen molar-refractivity contribution in [3.63, 3.8) is 0 Å². The van der Waals surface area contributed by atoms with Gasteiger partial charge in [-0.1, -0.05) is 0 Å². The molecule has 0 spiro atoms. The van der Waals surface area contributed by atoms with Crippen LogP contribution in [0.25, 0.3) is 0 Å². The second-order valence-electron chi connectivity index (χ2n) is 2.90. The SMILES string of the molecule is NC(=O)c1nc(C(=O)O)c(C(=O)O)nc1C(=O)O. The Balaban J connectivity index is 3.71. The van der Waals surface area contributed by atoms with Crippen molar-refractivity contribution < 1.29 is 34.5 Å². The molecular formula is C8H5N3O7. The average Bonchev–Trinajstić information content (AvgIpc) is 2.26. The molecule has 0 aliphatic carbocycles. The molecule has 0 saturated heterocycles. The van der Waals surface area contributed by atoms with Gasteiger partial charge in [0, 0.05) is 0 Å². The Kier molecular flexibility index (Phi) is 3.22. The molecule has 1 rings (SSSR count). The highest BCUT2D eigenvalue weighted by Crippen LogP contribution is 2.10. The third-order valence-corrected chi connectivity index (χ3v) is 1.74. The summed E-state index contributed by atoms with van der Waals surface area (Å²) in [6.07, 6.45) is 0. The smallest absolute Gasteiger partial charge is 0.357 e. The minimum atomic E-state index is -1.79. The Morgan fingerprint density at radius 3 is 1.28 bits per heavy atom. The third-order valence-electron chi connectivity index (χ3n) is 1.74. The molecule has 0 aliphatic rings. The molecule has 1 aromatic heterocycles. The van der Waals surface area contributed by atoms with Crippen molar-refractivity contribution in [2.45, 2.75) is 0 Å². The first-order valence-corrected chi connectivity index (χ1v) is 4.17. The first-order valence-electron chi connectivity index (χ1n) is 4.17. The molecule has 0 saturated carbocycles. The minimum absolute atomic E-state index is 0.926. The van der Waals surface area contributed by atoms with Gasteiger partial charge in [-0.05, 0) is 0 Å². The highest BCUT2D eigenvalue weighted by atomic mass is 16.4. The fourth-order valence-electron chi connectivity index (χ4n) is 1.05. The van der Waals surface area contributed by atoms with E-state index < -0.39 is 46.6 Å². The van der Waals surface area contributed by atoms with Gasteiger partial charge in [0.25, 0.3) is 5.91 Å². The number of hydrogen-bond acceptors (Lipinski definition) is 6. The molecular weight excluding hydrogens is 250 g/mol. The van der Waals surface area contributed by atoms with Crippen LogP contribution in [0.15, 0.2) is 0 Å². The van der Waals surface area contributed by atoms with Gasteiger partial charge in [0.05, 0.1) is 0 Å². The van der Waals surface area contributed by atoms with E-state index in [1.54, 1.807) is 0 Å². The van der Waals surface area contributed by atoms with Crippen LogP contribution in [-0.2, 0) is 0 Å². The summed E-state index contributed by atoms with van der Waals surface area (Å²) in [7, 11) is 0. The summed E-state index contributed by atoms with van der Waals surface area (Å²) >= 11 is 0. The maximum absolute atomic E-state index is 10.9. The number of aromatic nitrogens is 2. The van der Waals surface area contributed by atoms with E-state index in [-0.39, 0.29) is 0 Å². The Bertz CT molecular complexity index is 482. The molecule has 5 N–H and O–H groups in total. The van der Waals surface area contributed by atoms with Gasteiger partial charge in [0.1, 0.15) is 0 Å². The molecule has 18 heavy (non-hydrogen) atoms. The van der Waals surface area contributed by atoms with Crippen molar-refractivity contribution in [1.29, 1.82) is 0 Å². The normalized spacial score (nSPS) is 9.78. The summed E-state index contributed by atoms with van der Waals surface area (Å²) in [5, 5.41) is 26.1. The zero-order chi connectivity index (χ0) is 14.0. The van der Waals surface area contributed by atoms with Crippen molar-refractivity contribution in [3.8, 4) is 0 Å². The molecule has 1 amide bonds. The summed E-state index contributed by atoms with van der Waals surface area (Å²) in [5.74, 6) is -6.66. The molecule has 0 unspecified atom stereocenters. The van der Waals surface area contributed by atoms with Crippen LogP contribution in [0.2, 0.25) is 0 Å². The zero-order valence-corrected chi connectivity index (χ0v) is 8.45. The number of nitrogens with two attached hydrogens (primary N) is 1. The second-order valence-corrected chi connectivity index (χ2v) is 2.90. The van der Waals surface area contributed by atoms with Gasteiger partial charge in [-0.25, -0.2) is 24.4 Å². The van der Waals surface area contributed by atoms with Gasteiger partial charge >= 0.3 is 17.9 Å². The number of nitrogens with zero attached hydrogens (tertiary/aromatic N) is 2. The summed E-state index contributed by atoms with van der Waals surface area (Å²) in [5.41, 5.74) is 0.692. The number of aromatic carboxylic acids is 3. The zero-order valence-electron chi connectivity index (χ0n) is 8.45. The van der Waals surface area contributed by atoms with Crippen LogP contribution in [0.3, 0.4) is 0 Å². The van der Waals surface area contributed by atoms with Crippen molar-refractivity contribution in [1.82, 2.24) is 9.97 Å². The van der Waals surface area contributed by atoms with Crippen molar-refractivity contribution in [2.75, 3.05) is 0 Å². The van der Waals surface area contributed by atoms with Crippen LogP contribution >= 0.6 is 0 Å². The quantitative estimate of drug-likeness (QED) is 0.506. The average molecular weight is 255 g/mol. The van der Waals surface area contributed by atoms with E-state index >= 15 is 0 Å². The van der Waals surface area contributed by atoms with E-state index in [1.807, 2.05) is 0 Å². The van der Waals surface area contributed by atoms with Crippen LogP contribution in [0.5, 0.6) is 0 Å². The number of carbonyl (C=O) groups excluding carboxylic acids is 1. The Morgan fingerprint density at radius 1 is 0.722 bits per heavy atom. The molecule has 0 radical (unpaired) electrons. The monoisotopic (exact) mass is 255 g/mol. The molecule has 1 aromatic rings. The van der Waals surface area contributed by atoms with E-state index in [0.29, 0.717) is 0 Å². The van der Waals surface area contributed by atoms with E-state index in [4.69, 9.17) is 21.1 Å². The largest absolute Gasteiger partial charge is 0.476 e. The van der Waals surface area contributed by atoms with Crippen molar-refractivity contribution in [2.24, 2.45) is 5.73 Å². The Hall–Kier alpha value is -3.04. The first-order chi connectivity index (χ1) is 8.25. The highest BCUT2D eigenvalue weighted by Gasteiger charge is 2.27. The summed E-state index contributed by atoms with van der Waals surface area (Å²) in [6, 6.07) is 0. The molecule has 0 fully saturated rings. The topological polar surface area (TPSA) is 181 Å². The van der Waals surface area contributed by atoms with Crippen LogP contribution in [0.1, 0.15) is 42.0 Å². The molecule has 0 atom stereocenters. The summed E-state index contributed by atoms with van der Waals surface area (Å²) < 4.78 is 0. The summed E-state index contributed by atoms with van der Waals surface area (Å²) in [4.78, 5) is 49.2. The van der Waals surface area contributed by atoms with Crippen LogP contribution in [0, 0.1) is 0 Å². The van der Waals surface area contributed by atoms with Gasteiger partial charge in [0.15, 0.2) is 22.8 Å². The lowest BCUT2D eigenvalue weighted by Crippen LogP contribution is -2.25. The van der Waals surface area contributed by atoms with Gasteiger partial charge in [0.2, 0.25) is 0 Å². The van der Waals surface area contributed by atoms with Gasteiger partial charge < -0.3 is 21.1 Å². The fraction of sp³-hybridized carbons (Fsp3) is 0. The number of carbonyl (C=O) groups is 4. The molecule has 0 bridgehead atoms. The van der Waals surface area contributed by atoms with E-state index in [0.717, 1.165) is 0 Å². The third kappa shape index (κ3) is 2.21. The fourth-order valence-corrected chi connectivity index (χ4v) is 1.05. The van der Waals surface area contributed by atoms with E-state index in [9.17, 15) is 19.2 Å². The predicted molar refractivity (Wildman–Crippen MR) is 51.4 cm³/mol. The molecule has 1 heterocycles.